The van der Waals surface area contributed by atoms with Crippen LogP contribution in [0.3, 0.4) is 0 Å². The number of allylic oxidation sites excluding steroid dienone is 1. The second-order valence-electron chi connectivity index (χ2n) is 12.7. The third kappa shape index (κ3) is 3.09. The van der Waals surface area contributed by atoms with Crippen LogP contribution >= 0.6 is 0 Å². The second kappa shape index (κ2) is 7.48. The third-order valence-electron chi connectivity index (χ3n) is 10.9. The van der Waals surface area contributed by atoms with Crippen molar-refractivity contribution in [2.45, 2.75) is 98.7 Å². The molecular weight excluding hydrogens is 420 g/mol. The molecule has 0 aromatic heterocycles. The maximum Gasteiger partial charge on any atom is 0.303 e. The lowest BCUT2D eigenvalue weighted by Crippen LogP contribution is -2.60. The van der Waals surface area contributed by atoms with Gasteiger partial charge in [0.1, 0.15) is 5.78 Å². The standard InChI is InChI=1S/C27H40O6/c1-14(7-8-21(32)33)15-11-20(31)27(6)23-16(28)12-18-24(2,3)19(30)9-10-25(18,4)22(23)17(29)13-26(15,27)5/h14-16,18-19,28,30H,7-13H2,1-6H3,(H,32,33)/t14-,15+,16+,18-,19+,25-,26-,27-/m1/s1. The van der Waals surface area contributed by atoms with Crippen LogP contribution in [0.5, 0.6) is 0 Å². The molecule has 33 heavy (non-hydrogen) atoms. The molecule has 0 amide bonds. The monoisotopic (exact) mass is 460 g/mol. The molecule has 2 saturated carbocycles. The molecule has 3 N–H and O–H groups in total. The first-order valence-corrected chi connectivity index (χ1v) is 12.5. The van der Waals surface area contributed by atoms with Gasteiger partial charge in [-0.2, -0.15) is 0 Å². The van der Waals surface area contributed by atoms with Crippen molar-refractivity contribution in [1.29, 1.82) is 0 Å². The van der Waals surface area contributed by atoms with E-state index in [0.717, 1.165) is 0 Å². The van der Waals surface area contributed by atoms with Gasteiger partial charge in [-0.3, -0.25) is 14.4 Å². The number of hydrogen-bond donors (Lipinski definition) is 3. The van der Waals surface area contributed by atoms with Crippen LogP contribution in [0.15, 0.2) is 11.1 Å². The van der Waals surface area contributed by atoms with Crippen molar-refractivity contribution in [3.8, 4) is 0 Å². The van der Waals surface area contributed by atoms with E-state index in [1.165, 1.54) is 0 Å². The number of ketones is 2. The molecule has 0 bridgehead atoms. The Balaban J connectivity index is 1.85. The minimum absolute atomic E-state index is 0.0142. The molecule has 4 aliphatic carbocycles. The summed E-state index contributed by atoms with van der Waals surface area (Å²) in [5.41, 5.74) is -1.23. The molecule has 0 unspecified atom stereocenters. The first-order valence-electron chi connectivity index (χ1n) is 12.5. The van der Waals surface area contributed by atoms with Crippen LogP contribution in [0.1, 0.15) is 86.5 Å². The molecule has 2 fully saturated rings. The molecule has 0 radical (unpaired) electrons. The van der Waals surface area contributed by atoms with E-state index >= 15 is 0 Å². The highest BCUT2D eigenvalue weighted by Crippen LogP contribution is 2.70. The summed E-state index contributed by atoms with van der Waals surface area (Å²) in [7, 11) is 0. The number of carboxylic acids is 1. The second-order valence-corrected chi connectivity index (χ2v) is 12.7. The summed E-state index contributed by atoms with van der Waals surface area (Å²) in [4.78, 5) is 38.8. The first-order chi connectivity index (χ1) is 15.1. The van der Waals surface area contributed by atoms with Crippen molar-refractivity contribution in [2.75, 3.05) is 0 Å². The lowest BCUT2D eigenvalue weighted by atomic mass is 9.42. The van der Waals surface area contributed by atoms with Gasteiger partial charge >= 0.3 is 5.97 Å². The normalized spacial score (nSPS) is 45.3. The molecule has 0 saturated heterocycles. The van der Waals surface area contributed by atoms with E-state index in [1.54, 1.807) is 0 Å². The van der Waals surface area contributed by atoms with Crippen molar-refractivity contribution in [3.05, 3.63) is 11.1 Å². The minimum Gasteiger partial charge on any atom is -0.481 e. The van der Waals surface area contributed by atoms with Gasteiger partial charge in [-0.25, -0.2) is 0 Å². The van der Waals surface area contributed by atoms with E-state index in [1.807, 2.05) is 34.6 Å². The molecule has 8 atom stereocenters. The number of aliphatic hydroxyl groups is 2. The van der Waals surface area contributed by atoms with Gasteiger partial charge in [-0.05, 0) is 72.2 Å². The van der Waals surface area contributed by atoms with Crippen LogP contribution in [0.25, 0.3) is 0 Å². The molecule has 0 aliphatic heterocycles. The number of hydrogen-bond acceptors (Lipinski definition) is 5. The minimum atomic E-state index is -0.938. The number of aliphatic hydroxyl groups excluding tert-OH is 2. The summed E-state index contributed by atoms with van der Waals surface area (Å²) in [6, 6.07) is 0. The van der Waals surface area contributed by atoms with Gasteiger partial charge in [0.25, 0.3) is 0 Å². The average molecular weight is 461 g/mol. The van der Waals surface area contributed by atoms with Crippen LogP contribution in [-0.2, 0) is 14.4 Å². The number of carbonyl (C=O) groups is 3. The van der Waals surface area contributed by atoms with Gasteiger partial charge in [0.2, 0.25) is 0 Å². The Bertz CT molecular complexity index is 933. The topological polar surface area (TPSA) is 112 Å². The van der Waals surface area contributed by atoms with Crippen molar-refractivity contribution in [3.63, 3.8) is 0 Å². The van der Waals surface area contributed by atoms with Crippen molar-refractivity contribution in [1.82, 2.24) is 0 Å². The summed E-state index contributed by atoms with van der Waals surface area (Å²) in [6.45, 7) is 12.1. The zero-order valence-corrected chi connectivity index (χ0v) is 20.9. The predicted molar refractivity (Wildman–Crippen MR) is 123 cm³/mol. The summed E-state index contributed by atoms with van der Waals surface area (Å²) < 4.78 is 0. The zero-order chi connectivity index (χ0) is 24.7. The van der Waals surface area contributed by atoms with E-state index < -0.39 is 39.8 Å². The van der Waals surface area contributed by atoms with Gasteiger partial charge in [0.05, 0.1) is 17.6 Å². The molecule has 0 aromatic rings. The van der Waals surface area contributed by atoms with E-state index in [-0.39, 0.29) is 42.2 Å². The van der Waals surface area contributed by atoms with Crippen LogP contribution in [0.2, 0.25) is 0 Å². The molecule has 4 rings (SSSR count). The van der Waals surface area contributed by atoms with E-state index in [4.69, 9.17) is 5.11 Å². The molecule has 0 heterocycles. The molecule has 6 heteroatoms. The van der Waals surface area contributed by atoms with E-state index in [9.17, 15) is 24.6 Å². The van der Waals surface area contributed by atoms with Crippen LogP contribution in [0.4, 0.5) is 0 Å². The molecular formula is C27H40O6. The highest BCUT2D eigenvalue weighted by molar-refractivity contribution is 6.05. The maximum absolute atomic E-state index is 13.9. The number of carbonyl (C=O) groups excluding carboxylic acids is 2. The third-order valence-corrected chi connectivity index (χ3v) is 10.9. The zero-order valence-electron chi connectivity index (χ0n) is 20.9. The van der Waals surface area contributed by atoms with Gasteiger partial charge in [-0.1, -0.05) is 34.6 Å². The maximum atomic E-state index is 13.9. The highest BCUT2D eigenvalue weighted by Gasteiger charge is 2.70. The lowest BCUT2D eigenvalue weighted by molar-refractivity contribution is -0.142. The quantitative estimate of drug-likeness (QED) is 0.586. The Morgan fingerprint density at radius 1 is 1.12 bits per heavy atom. The fourth-order valence-corrected chi connectivity index (χ4v) is 8.65. The van der Waals surface area contributed by atoms with Crippen molar-refractivity contribution < 1.29 is 29.7 Å². The molecule has 184 valence electrons. The lowest BCUT2D eigenvalue weighted by Gasteiger charge is -2.61. The molecule has 4 aliphatic rings. The van der Waals surface area contributed by atoms with Gasteiger partial charge in [0, 0.05) is 24.8 Å². The number of carboxylic acid groups (broad SMARTS) is 1. The Morgan fingerprint density at radius 3 is 2.36 bits per heavy atom. The van der Waals surface area contributed by atoms with Crippen LogP contribution in [-0.4, -0.2) is 45.1 Å². The Kier molecular flexibility index (Phi) is 5.58. The first kappa shape index (κ1) is 24.6. The Morgan fingerprint density at radius 2 is 1.76 bits per heavy atom. The Hall–Kier alpha value is -1.53. The number of rotatable bonds is 4. The van der Waals surface area contributed by atoms with Crippen molar-refractivity contribution in [2.24, 2.45) is 39.4 Å². The van der Waals surface area contributed by atoms with Crippen LogP contribution < -0.4 is 0 Å². The average Bonchev–Trinajstić information content (AvgIpc) is 2.92. The SMILES string of the molecule is C[C@H](CCC(=O)O)[C@@H]1CC(=O)[C@]2(C)C3=C(C(=O)C[C@]12C)[C@]1(C)CC[C@H](O)C(C)(C)[C@H]1C[C@@H]3O. The van der Waals surface area contributed by atoms with E-state index in [2.05, 4.69) is 6.92 Å². The molecule has 0 aromatic carbocycles. The predicted octanol–water partition coefficient (Wildman–Crippen LogP) is 3.93. The summed E-state index contributed by atoms with van der Waals surface area (Å²) in [5.74, 6) is -0.940. The highest BCUT2D eigenvalue weighted by atomic mass is 16.4. The van der Waals surface area contributed by atoms with Crippen LogP contribution in [0, 0.1) is 39.4 Å². The molecule has 6 nitrogen and oxygen atoms in total. The largest absolute Gasteiger partial charge is 0.481 e. The molecule has 0 spiro atoms. The smallest absolute Gasteiger partial charge is 0.303 e. The summed E-state index contributed by atoms with van der Waals surface area (Å²) in [5, 5.41) is 31.4. The van der Waals surface area contributed by atoms with Gasteiger partial charge < -0.3 is 15.3 Å². The number of fused-ring (bicyclic) bond motifs is 4. The summed E-state index contributed by atoms with van der Waals surface area (Å²) in [6.07, 6.45) is 1.38. The fourth-order valence-electron chi connectivity index (χ4n) is 8.65. The van der Waals surface area contributed by atoms with E-state index in [0.29, 0.717) is 43.3 Å². The Labute approximate surface area is 196 Å². The van der Waals surface area contributed by atoms with Gasteiger partial charge in [0.15, 0.2) is 5.78 Å². The number of Topliss-reactive ketones (excluding diaryl/α,β-unsaturated/α-hetero) is 2. The number of aliphatic carboxylic acids is 1. The fraction of sp³-hybridized carbons (Fsp3) is 0.815. The van der Waals surface area contributed by atoms with Crippen molar-refractivity contribution >= 4 is 17.5 Å². The summed E-state index contributed by atoms with van der Waals surface area (Å²) >= 11 is 0. The van der Waals surface area contributed by atoms with Gasteiger partial charge in [-0.15, -0.1) is 0 Å².